The number of carbonyl (C=O) groups excluding carboxylic acids is 2. The zero-order valence-corrected chi connectivity index (χ0v) is 17.2. The maximum atomic E-state index is 12.3. The van der Waals surface area contributed by atoms with Crippen LogP contribution in [0.2, 0.25) is 0 Å². The first-order valence-electron chi connectivity index (χ1n) is 8.83. The van der Waals surface area contributed by atoms with E-state index >= 15 is 0 Å². The van der Waals surface area contributed by atoms with Crippen LogP contribution < -0.4 is 16.0 Å². The van der Waals surface area contributed by atoms with Crippen LogP contribution in [0.15, 0.2) is 22.5 Å². The minimum Gasteiger partial charge on any atom is -0.357 e. The smallest absolute Gasteiger partial charge is 0.243 e. The number of nitrogens with one attached hydrogen (secondary N) is 3. The van der Waals surface area contributed by atoms with Gasteiger partial charge in [0.1, 0.15) is 0 Å². The first kappa shape index (κ1) is 19.6. The number of hydrogen-bond donors (Lipinski definition) is 3. The van der Waals surface area contributed by atoms with E-state index < -0.39 is 0 Å². The molecule has 0 saturated heterocycles. The van der Waals surface area contributed by atoms with Crippen LogP contribution in [0.1, 0.15) is 30.9 Å². The molecule has 1 heterocycles. The number of rotatable bonds is 8. The third-order valence-electron chi connectivity index (χ3n) is 4.13. The van der Waals surface area contributed by atoms with Gasteiger partial charge in [-0.05, 0) is 44.7 Å². The second-order valence-corrected chi connectivity index (χ2v) is 9.15. The van der Waals surface area contributed by atoms with Gasteiger partial charge in [-0.2, -0.15) is 0 Å². The number of thioether (sulfide) groups is 1. The monoisotopic (exact) mass is 405 g/mol. The Bertz CT molecular complexity index is 815. The van der Waals surface area contributed by atoms with Crippen LogP contribution in [0.5, 0.6) is 0 Å². The van der Waals surface area contributed by atoms with Crippen LogP contribution in [-0.2, 0) is 9.59 Å². The maximum Gasteiger partial charge on any atom is 0.243 e. The van der Waals surface area contributed by atoms with Crippen LogP contribution in [0.25, 0.3) is 0 Å². The lowest BCUT2D eigenvalue weighted by atomic mass is 10.1. The summed E-state index contributed by atoms with van der Waals surface area (Å²) in [6, 6.07) is 6.34. The molecule has 1 aliphatic carbocycles. The number of aryl methyl sites for hydroxylation is 2. The largest absolute Gasteiger partial charge is 0.357 e. The number of amides is 2. The van der Waals surface area contributed by atoms with E-state index in [1.54, 1.807) is 6.92 Å². The topological polar surface area (TPSA) is 96.0 Å². The maximum absolute atomic E-state index is 12.3. The molecular weight excluding hydrogens is 382 g/mol. The van der Waals surface area contributed by atoms with Crippen molar-refractivity contribution in [1.29, 1.82) is 0 Å². The molecule has 0 unspecified atom stereocenters. The normalized spacial score (nSPS) is 14.5. The third-order valence-corrected chi connectivity index (χ3v) is 6.17. The Kier molecular flexibility index (Phi) is 6.33. The van der Waals surface area contributed by atoms with E-state index in [1.807, 2.05) is 32.0 Å². The number of para-hydroxylation sites is 1. The Morgan fingerprint density at radius 1 is 1.26 bits per heavy atom. The SMILES string of the molecule is Cc1cccc(C)c1NC(=O)CNC(=O)[C@@H](C)Sc1nnc(NC2CC2)s1. The summed E-state index contributed by atoms with van der Waals surface area (Å²) >= 11 is 2.79. The Morgan fingerprint density at radius 3 is 2.63 bits per heavy atom. The predicted octanol–water partition coefficient (Wildman–Crippen LogP) is 2.96. The van der Waals surface area contributed by atoms with Crippen LogP contribution in [0.4, 0.5) is 10.8 Å². The van der Waals surface area contributed by atoms with E-state index in [0.29, 0.717) is 6.04 Å². The van der Waals surface area contributed by atoms with Gasteiger partial charge < -0.3 is 16.0 Å². The van der Waals surface area contributed by atoms with Crippen molar-refractivity contribution >= 4 is 45.7 Å². The fraction of sp³-hybridized carbons (Fsp3) is 0.444. The lowest BCUT2D eigenvalue weighted by Gasteiger charge is -2.13. The Morgan fingerprint density at radius 2 is 1.96 bits per heavy atom. The summed E-state index contributed by atoms with van der Waals surface area (Å²) in [6.07, 6.45) is 2.34. The van der Waals surface area contributed by atoms with Crippen molar-refractivity contribution in [2.45, 2.75) is 49.2 Å². The van der Waals surface area contributed by atoms with Gasteiger partial charge in [-0.25, -0.2) is 0 Å². The molecule has 9 heteroatoms. The first-order chi connectivity index (χ1) is 12.9. The molecule has 3 rings (SSSR count). The summed E-state index contributed by atoms with van der Waals surface area (Å²) in [5.41, 5.74) is 2.78. The zero-order chi connectivity index (χ0) is 19.4. The Balaban J connectivity index is 1.45. The van der Waals surface area contributed by atoms with Gasteiger partial charge >= 0.3 is 0 Å². The highest BCUT2D eigenvalue weighted by Crippen LogP contribution is 2.32. The second kappa shape index (κ2) is 8.71. The highest BCUT2D eigenvalue weighted by molar-refractivity contribution is 8.02. The molecule has 1 aromatic carbocycles. The minimum atomic E-state index is -0.361. The fourth-order valence-electron chi connectivity index (χ4n) is 2.43. The van der Waals surface area contributed by atoms with E-state index in [2.05, 4.69) is 26.1 Å². The van der Waals surface area contributed by atoms with E-state index in [4.69, 9.17) is 0 Å². The molecule has 1 saturated carbocycles. The minimum absolute atomic E-state index is 0.0673. The average Bonchev–Trinajstić information content (AvgIpc) is 3.34. The van der Waals surface area contributed by atoms with Gasteiger partial charge in [-0.1, -0.05) is 41.3 Å². The number of hydrogen-bond acceptors (Lipinski definition) is 7. The molecule has 144 valence electrons. The van der Waals surface area contributed by atoms with Crippen LogP contribution in [-0.4, -0.2) is 39.8 Å². The van der Waals surface area contributed by atoms with E-state index in [1.165, 1.54) is 35.9 Å². The molecule has 1 fully saturated rings. The van der Waals surface area contributed by atoms with Crippen LogP contribution >= 0.6 is 23.1 Å². The van der Waals surface area contributed by atoms with Gasteiger partial charge in [-0.3, -0.25) is 9.59 Å². The molecule has 27 heavy (non-hydrogen) atoms. The van der Waals surface area contributed by atoms with Gasteiger partial charge in [0, 0.05) is 11.7 Å². The summed E-state index contributed by atoms with van der Waals surface area (Å²) in [5, 5.41) is 17.4. The van der Waals surface area contributed by atoms with Crippen LogP contribution in [0, 0.1) is 13.8 Å². The lowest BCUT2D eigenvalue weighted by Crippen LogP contribution is -2.37. The Hall–Kier alpha value is -2.13. The summed E-state index contributed by atoms with van der Waals surface area (Å²) in [5.74, 6) is -0.451. The van der Waals surface area contributed by atoms with Crippen molar-refractivity contribution in [3.8, 4) is 0 Å². The fourth-order valence-corrected chi connectivity index (χ4v) is 4.43. The predicted molar refractivity (Wildman–Crippen MR) is 109 cm³/mol. The zero-order valence-electron chi connectivity index (χ0n) is 15.5. The molecule has 3 N–H and O–H groups in total. The van der Waals surface area contributed by atoms with Gasteiger partial charge in [0.2, 0.25) is 16.9 Å². The standard InChI is InChI=1S/C18H23N5O2S2/c1-10-5-4-6-11(2)15(10)21-14(24)9-19-16(25)12(3)26-18-23-22-17(27-18)20-13-7-8-13/h4-6,12-13H,7-9H2,1-3H3,(H,19,25)(H,20,22)(H,21,24)/t12-/m1/s1. The first-order valence-corrected chi connectivity index (χ1v) is 10.5. The summed E-state index contributed by atoms with van der Waals surface area (Å²) in [6.45, 7) is 5.60. The number of benzene rings is 1. The van der Waals surface area contributed by atoms with Gasteiger partial charge in [-0.15, -0.1) is 10.2 Å². The molecule has 2 amide bonds. The van der Waals surface area contributed by atoms with Crippen molar-refractivity contribution in [2.75, 3.05) is 17.2 Å². The molecule has 1 aliphatic rings. The molecule has 0 bridgehead atoms. The number of nitrogens with zero attached hydrogens (tertiary/aromatic N) is 2. The molecular formula is C18H23N5O2S2. The number of carbonyl (C=O) groups is 2. The van der Waals surface area contributed by atoms with Crippen molar-refractivity contribution in [2.24, 2.45) is 0 Å². The highest BCUT2D eigenvalue weighted by atomic mass is 32.2. The molecule has 1 atom stereocenters. The molecule has 2 aromatic rings. The summed E-state index contributed by atoms with van der Waals surface area (Å²) in [7, 11) is 0. The lowest BCUT2D eigenvalue weighted by molar-refractivity contribution is -0.123. The Labute approximate surface area is 166 Å². The van der Waals surface area contributed by atoms with Crippen molar-refractivity contribution in [3.63, 3.8) is 0 Å². The molecule has 1 aromatic heterocycles. The molecule has 0 aliphatic heterocycles. The van der Waals surface area contributed by atoms with E-state index in [-0.39, 0.29) is 23.6 Å². The molecule has 0 spiro atoms. The van der Waals surface area contributed by atoms with E-state index in [0.717, 1.165) is 26.3 Å². The quantitative estimate of drug-likeness (QED) is 0.585. The highest BCUT2D eigenvalue weighted by Gasteiger charge is 2.23. The number of aromatic nitrogens is 2. The second-order valence-electron chi connectivity index (χ2n) is 6.58. The summed E-state index contributed by atoms with van der Waals surface area (Å²) < 4.78 is 0.737. The van der Waals surface area contributed by atoms with Gasteiger partial charge in [0.05, 0.1) is 11.8 Å². The average molecular weight is 406 g/mol. The molecule has 0 radical (unpaired) electrons. The third kappa shape index (κ3) is 5.67. The van der Waals surface area contributed by atoms with Crippen molar-refractivity contribution in [1.82, 2.24) is 15.5 Å². The van der Waals surface area contributed by atoms with Crippen LogP contribution in [0.3, 0.4) is 0 Å². The number of anilines is 2. The van der Waals surface area contributed by atoms with Gasteiger partial charge in [0.25, 0.3) is 0 Å². The van der Waals surface area contributed by atoms with E-state index in [9.17, 15) is 9.59 Å². The van der Waals surface area contributed by atoms with Gasteiger partial charge in [0.15, 0.2) is 4.34 Å². The van der Waals surface area contributed by atoms with Crippen molar-refractivity contribution in [3.05, 3.63) is 29.3 Å². The summed E-state index contributed by atoms with van der Waals surface area (Å²) in [4.78, 5) is 24.4. The molecule has 7 nitrogen and oxygen atoms in total. The van der Waals surface area contributed by atoms with Crippen molar-refractivity contribution < 1.29 is 9.59 Å².